The van der Waals surface area contributed by atoms with Crippen molar-refractivity contribution in [3.8, 4) is 5.75 Å². The van der Waals surface area contributed by atoms with Gasteiger partial charge in [0.2, 0.25) is 0 Å². The molecule has 0 aromatic heterocycles. The van der Waals surface area contributed by atoms with Gasteiger partial charge in [0, 0.05) is 31.4 Å². The lowest BCUT2D eigenvalue weighted by Gasteiger charge is -2.21. The first-order valence-electron chi connectivity index (χ1n) is 10.4. The SMILES string of the molecule is O=C(Nc1cccc(COc2cccc(F)c2)c1)N1CC[C@@H](CN2CCCC2)C1. The third-order valence-corrected chi connectivity index (χ3v) is 5.67. The molecule has 2 heterocycles. The molecule has 2 saturated heterocycles. The van der Waals surface area contributed by atoms with Crippen LogP contribution < -0.4 is 10.1 Å². The van der Waals surface area contributed by atoms with Crippen LogP contribution in [0.15, 0.2) is 48.5 Å². The number of benzene rings is 2. The zero-order valence-corrected chi connectivity index (χ0v) is 16.6. The van der Waals surface area contributed by atoms with E-state index in [2.05, 4.69) is 10.2 Å². The molecule has 29 heavy (non-hydrogen) atoms. The number of likely N-dealkylation sites (tertiary alicyclic amines) is 2. The maximum absolute atomic E-state index is 13.3. The van der Waals surface area contributed by atoms with E-state index in [1.807, 2.05) is 29.2 Å². The van der Waals surface area contributed by atoms with Gasteiger partial charge in [0.05, 0.1) is 0 Å². The van der Waals surface area contributed by atoms with Crippen molar-refractivity contribution >= 4 is 11.7 Å². The smallest absolute Gasteiger partial charge is 0.321 e. The minimum Gasteiger partial charge on any atom is -0.489 e. The highest BCUT2D eigenvalue weighted by Crippen LogP contribution is 2.21. The van der Waals surface area contributed by atoms with Gasteiger partial charge >= 0.3 is 6.03 Å². The molecule has 2 aromatic rings. The molecule has 1 N–H and O–H groups in total. The Morgan fingerprint density at radius 2 is 1.93 bits per heavy atom. The molecule has 0 aliphatic carbocycles. The van der Waals surface area contributed by atoms with Crippen LogP contribution in [0.1, 0.15) is 24.8 Å². The van der Waals surface area contributed by atoms with Gasteiger partial charge in [-0.25, -0.2) is 9.18 Å². The number of nitrogens with zero attached hydrogens (tertiary/aromatic N) is 2. The summed E-state index contributed by atoms with van der Waals surface area (Å²) < 4.78 is 18.9. The van der Waals surface area contributed by atoms with Gasteiger partial charge in [-0.15, -0.1) is 0 Å². The Morgan fingerprint density at radius 1 is 1.10 bits per heavy atom. The second-order valence-electron chi connectivity index (χ2n) is 7.99. The van der Waals surface area contributed by atoms with Crippen LogP contribution in [0.3, 0.4) is 0 Å². The van der Waals surface area contributed by atoms with Crippen LogP contribution in [0, 0.1) is 11.7 Å². The number of urea groups is 1. The Morgan fingerprint density at radius 3 is 2.76 bits per heavy atom. The van der Waals surface area contributed by atoms with E-state index in [0.717, 1.165) is 37.3 Å². The van der Waals surface area contributed by atoms with E-state index < -0.39 is 0 Å². The minimum atomic E-state index is -0.322. The molecule has 2 aromatic carbocycles. The van der Waals surface area contributed by atoms with Crippen molar-refractivity contribution < 1.29 is 13.9 Å². The average molecular weight is 397 g/mol. The van der Waals surface area contributed by atoms with Crippen LogP contribution in [0.5, 0.6) is 5.75 Å². The number of hydrogen-bond donors (Lipinski definition) is 1. The molecule has 2 amide bonds. The van der Waals surface area contributed by atoms with Crippen LogP contribution in [0.2, 0.25) is 0 Å². The lowest BCUT2D eigenvalue weighted by Crippen LogP contribution is -2.34. The maximum Gasteiger partial charge on any atom is 0.321 e. The van der Waals surface area contributed by atoms with Gasteiger partial charge in [-0.1, -0.05) is 18.2 Å². The number of amides is 2. The summed E-state index contributed by atoms with van der Waals surface area (Å²) in [6.45, 7) is 5.46. The van der Waals surface area contributed by atoms with Gasteiger partial charge in [-0.05, 0) is 68.1 Å². The highest BCUT2D eigenvalue weighted by Gasteiger charge is 2.28. The van der Waals surface area contributed by atoms with Gasteiger partial charge in [0.1, 0.15) is 18.2 Å². The molecule has 0 bridgehead atoms. The van der Waals surface area contributed by atoms with Crippen LogP contribution in [-0.4, -0.2) is 48.6 Å². The van der Waals surface area contributed by atoms with Crippen molar-refractivity contribution in [1.82, 2.24) is 9.80 Å². The number of hydrogen-bond acceptors (Lipinski definition) is 3. The molecule has 6 heteroatoms. The second-order valence-corrected chi connectivity index (χ2v) is 7.99. The van der Waals surface area contributed by atoms with E-state index in [-0.39, 0.29) is 11.8 Å². The molecular formula is C23H28FN3O2. The average Bonchev–Trinajstić information content (AvgIpc) is 3.39. The van der Waals surface area contributed by atoms with Crippen molar-refractivity contribution in [3.05, 3.63) is 59.9 Å². The highest BCUT2D eigenvalue weighted by molar-refractivity contribution is 5.89. The molecule has 1 atom stereocenters. The summed E-state index contributed by atoms with van der Waals surface area (Å²) >= 11 is 0. The molecule has 0 radical (unpaired) electrons. The summed E-state index contributed by atoms with van der Waals surface area (Å²) in [5, 5.41) is 3.00. The Bertz CT molecular complexity index is 838. The van der Waals surface area contributed by atoms with E-state index in [1.54, 1.807) is 12.1 Å². The first-order valence-corrected chi connectivity index (χ1v) is 10.4. The number of anilines is 1. The van der Waals surface area contributed by atoms with E-state index in [4.69, 9.17) is 4.74 Å². The van der Waals surface area contributed by atoms with Gasteiger partial charge in [0.15, 0.2) is 0 Å². The number of ether oxygens (including phenoxy) is 1. The predicted molar refractivity (Wildman–Crippen MR) is 112 cm³/mol. The molecular weight excluding hydrogens is 369 g/mol. The highest BCUT2D eigenvalue weighted by atomic mass is 19.1. The lowest BCUT2D eigenvalue weighted by molar-refractivity contribution is 0.217. The zero-order valence-electron chi connectivity index (χ0n) is 16.6. The fraction of sp³-hybridized carbons (Fsp3) is 0.435. The van der Waals surface area contributed by atoms with Crippen molar-refractivity contribution in [1.29, 1.82) is 0 Å². The topological polar surface area (TPSA) is 44.8 Å². The molecule has 0 unspecified atom stereocenters. The molecule has 2 aliphatic heterocycles. The molecule has 0 spiro atoms. The van der Waals surface area contributed by atoms with Gasteiger partial charge in [0.25, 0.3) is 0 Å². The Balaban J connectivity index is 1.27. The van der Waals surface area contributed by atoms with Crippen molar-refractivity contribution in [2.75, 3.05) is 38.0 Å². The van der Waals surface area contributed by atoms with Crippen molar-refractivity contribution in [2.24, 2.45) is 5.92 Å². The number of rotatable bonds is 6. The fourth-order valence-electron chi connectivity index (χ4n) is 4.16. The molecule has 4 rings (SSSR count). The van der Waals surface area contributed by atoms with Crippen molar-refractivity contribution in [3.63, 3.8) is 0 Å². The maximum atomic E-state index is 13.3. The third kappa shape index (κ3) is 5.48. The number of halogens is 1. The van der Waals surface area contributed by atoms with E-state index in [9.17, 15) is 9.18 Å². The van der Waals surface area contributed by atoms with E-state index in [1.165, 1.54) is 38.1 Å². The lowest BCUT2D eigenvalue weighted by atomic mass is 10.1. The van der Waals surface area contributed by atoms with Crippen LogP contribution in [0.25, 0.3) is 0 Å². The summed E-state index contributed by atoms with van der Waals surface area (Å²) in [4.78, 5) is 17.1. The monoisotopic (exact) mass is 397 g/mol. The minimum absolute atomic E-state index is 0.0443. The van der Waals surface area contributed by atoms with Crippen LogP contribution in [0.4, 0.5) is 14.9 Å². The Labute approximate surface area is 171 Å². The standard InChI is InChI=1S/C23H28FN3O2/c24-20-6-4-8-22(14-20)29-17-18-5-3-7-21(13-18)25-23(28)27-12-9-19(16-27)15-26-10-1-2-11-26/h3-8,13-14,19H,1-2,9-12,15-17H2,(H,25,28)/t19-/m0/s1. The molecule has 2 fully saturated rings. The fourth-order valence-corrected chi connectivity index (χ4v) is 4.16. The third-order valence-electron chi connectivity index (χ3n) is 5.67. The molecule has 2 aliphatic rings. The zero-order chi connectivity index (χ0) is 20.1. The van der Waals surface area contributed by atoms with Crippen molar-refractivity contribution in [2.45, 2.75) is 25.9 Å². The normalized spacial score (nSPS) is 19.5. The van der Waals surface area contributed by atoms with E-state index >= 15 is 0 Å². The van der Waals surface area contributed by atoms with Crippen LogP contribution >= 0.6 is 0 Å². The largest absolute Gasteiger partial charge is 0.489 e. The Hall–Kier alpha value is -2.60. The second kappa shape index (κ2) is 9.27. The number of carbonyl (C=O) groups is 1. The first kappa shape index (κ1) is 19.7. The summed E-state index contributed by atoms with van der Waals surface area (Å²) in [6, 6.07) is 13.6. The van der Waals surface area contributed by atoms with Gasteiger partial charge < -0.3 is 19.9 Å². The summed E-state index contributed by atoms with van der Waals surface area (Å²) in [5.41, 5.74) is 1.67. The quantitative estimate of drug-likeness (QED) is 0.788. The summed E-state index contributed by atoms with van der Waals surface area (Å²) in [5.74, 6) is 0.738. The van der Waals surface area contributed by atoms with E-state index in [0.29, 0.717) is 18.3 Å². The molecule has 0 saturated carbocycles. The summed E-state index contributed by atoms with van der Waals surface area (Å²) in [6.07, 6.45) is 3.68. The van der Waals surface area contributed by atoms with Crippen LogP contribution in [-0.2, 0) is 6.61 Å². The summed E-state index contributed by atoms with van der Waals surface area (Å²) in [7, 11) is 0. The van der Waals surface area contributed by atoms with Gasteiger partial charge in [-0.3, -0.25) is 0 Å². The number of nitrogens with one attached hydrogen (secondary N) is 1. The Kier molecular flexibility index (Phi) is 6.30. The molecule has 5 nitrogen and oxygen atoms in total. The molecule has 154 valence electrons. The number of carbonyl (C=O) groups excluding carboxylic acids is 1. The predicted octanol–water partition coefficient (Wildman–Crippen LogP) is 4.35. The first-order chi connectivity index (χ1) is 14.2. The van der Waals surface area contributed by atoms with Gasteiger partial charge in [-0.2, -0.15) is 0 Å².